The second kappa shape index (κ2) is 5.09. The van der Waals surface area contributed by atoms with Crippen LogP contribution in [0.15, 0.2) is 29.8 Å². The number of hydrogen-bond acceptors (Lipinski definition) is 4. The molecule has 5 nitrogen and oxygen atoms in total. The van der Waals surface area contributed by atoms with Gasteiger partial charge in [0, 0.05) is 23.0 Å². The van der Waals surface area contributed by atoms with Crippen molar-refractivity contribution < 1.29 is 20.0 Å². The Hall–Kier alpha value is -1.82. The van der Waals surface area contributed by atoms with Gasteiger partial charge in [-0.3, -0.25) is 9.59 Å². The van der Waals surface area contributed by atoms with Gasteiger partial charge in [-0.1, -0.05) is 32.9 Å². The summed E-state index contributed by atoms with van der Waals surface area (Å²) < 4.78 is 0. The van der Waals surface area contributed by atoms with Gasteiger partial charge in [-0.05, 0) is 30.4 Å². The minimum atomic E-state index is -1.07. The first-order valence-corrected chi connectivity index (χ1v) is 7.83. The molecule has 0 radical (unpaired) electrons. The number of allylic oxidation sites excluding steroid dienone is 1. The van der Waals surface area contributed by atoms with Crippen LogP contribution in [-0.4, -0.2) is 16.8 Å². The third-order valence-electron chi connectivity index (χ3n) is 6.05. The van der Waals surface area contributed by atoms with E-state index in [1.165, 1.54) is 12.1 Å². The highest BCUT2D eigenvalue weighted by Crippen LogP contribution is 2.61. The van der Waals surface area contributed by atoms with Crippen molar-refractivity contribution >= 4 is 23.3 Å². The molecule has 0 spiro atoms. The van der Waals surface area contributed by atoms with E-state index >= 15 is 0 Å². The van der Waals surface area contributed by atoms with Gasteiger partial charge >= 0.3 is 0 Å². The Labute approximate surface area is 135 Å². The number of nitrogens with one attached hydrogen (secondary N) is 1. The summed E-state index contributed by atoms with van der Waals surface area (Å²) in [6.45, 7) is 5.91. The number of rotatable bonds is 2. The molecule has 0 amide bonds. The highest BCUT2D eigenvalue weighted by Gasteiger charge is 2.63. The van der Waals surface area contributed by atoms with Crippen LogP contribution in [-0.2, 0) is 9.59 Å². The van der Waals surface area contributed by atoms with Crippen LogP contribution >= 0.6 is 0 Å². The normalized spacial score (nSPS) is 32.4. The summed E-state index contributed by atoms with van der Waals surface area (Å²) in [6.07, 6.45) is 2.89. The van der Waals surface area contributed by atoms with Crippen molar-refractivity contribution in [3.05, 3.63) is 40.6 Å². The molecular weight excluding hydrogens is 294 g/mol. The molecule has 1 unspecified atom stereocenters. The number of para-hydroxylation sites is 1. The zero-order valence-electron chi connectivity index (χ0n) is 13.6. The molecule has 2 aliphatic rings. The van der Waals surface area contributed by atoms with Crippen LogP contribution in [0.2, 0.25) is 0 Å². The van der Waals surface area contributed by atoms with E-state index in [-0.39, 0.29) is 34.2 Å². The standard InChI is InChI=1S/C18H21NO4/c1-17(2)13-8-9-18(17,3)16(21)12(15(13)20)10-11-6-4-5-7-14(11)19(22)23/h4-7,10,13,19,22H,8-9H2,1-3H3/t13-,18+/m0/s1. The summed E-state index contributed by atoms with van der Waals surface area (Å²) in [6, 6.07) is 6.44. The van der Waals surface area contributed by atoms with E-state index in [1.807, 2.05) is 20.8 Å². The zero-order chi connectivity index (χ0) is 17.0. The van der Waals surface area contributed by atoms with Gasteiger partial charge in [0.2, 0.25) is 0 Å². The number of Topliss-reactive ketones (excluding diaryl/α,β-unsaturated/α-hetero) is 2. The molecule has 2 fully saturated rings. The third kappa shape index (κ3) is 2.11. The first-order chi connectivity index (χ1) is 10.7. The largest absolute Gasteiger partial charge is 0.595 e. The summed E-state index contributed by atoms with van der Waals surface area (Å²) >= 11 is 0. The van der Waals surface area contributed by atoms with Crippen LogP contribution in [0.4, 0.5) is 5.69 Å². The molecule has 0 aromatic heterocycles. The number of quaternary nitrogens is 1. The third-order valence-corrected chi connectivity index (χ3v) is 6.05. The van der Waals surface area contributed by atoms with E-state index < -0.39 is 10.6 Å². The molecule has 23 heavy (non-hydrogen) atoms. The Kier molecular flexibility index (Phi) is 3.55. The highest BCUT2D eigenvalue weighted by atomic mass is 16.8. The summed E-state index contributed by atoms with van der Waals surface area (Å²) in [7, 11) is 0. The predicted octanol–water partition coefficient (Wildman–Crippen LogP) is 2.07. The number of carbonyl (C=O) groups is 2. The first-order valence-electron chi connectivity index (χ1n) is 7.83. The van der Waals surface area contributed by atoms with E-state index in [1.54, 1.807) is 18.2 Å². The van der Waals surface area contributed by atoms with Crippen LogP contribution in [0.25, 0.3) is 6.08 Å². The summed E-state index contributed by atoms with van der Waals surface area (Å²) in [5.41, 5.74) is -0.259. The van der Waals surface area contributed by atoms with Crippen molar-refractivity contribution in [1.29, 1.82) is 0 Å². The molecule has 2 aliphatic carbocycles. The van der Waals surface area contributed by atoms with Crippen molar-refractivity contribution in [2.75, 3.05) is 0 Å². The fourth-order valence-corrected chi connectivity index (χ4v) is 4.07. The average molecular weight is 315 g/mol. The Morgan fingerprint density at radius 1 is 1.26 bits per heavy atom. The summed E-state index contributed by atoms with van der Waals surface area (Å²) in [5.74, 6) is -0.468. The van der Waals surface area contributed by atoms with Crippen LogP contribution in [0.3, 0.4) is 0 Å². The molecule has 2 N–H and O–H groups in total. The second-order valence-electron chi connectivity index (χ2n) is 7.29. The van der Waals surface area contributed by atoms with E-state index in [0.717, 1.165) is 0 Å². The van der Waals surface area contributed by atoms with Gasteiger partial charge < -0.3 is 5.21 Å². The van der Waals surface area contributed by atoms with Gasteiger partial charge in [-0.2, -0.15) is 5.23 Å². The van der Waals surface area contributed by atoms with Gasteiger partial charge in [-0.25, -0.2) is 5.21 Å². The Bertz CT molecular complexity index is 719. The number of fused-ring (bicyclic) bond motifs is 2. The maximum atomic E-state index is 13.0. The first kappa shape index (κ1) is 16.1. The smallest absolute Gasteiger partial charge is 0.172 e. The fourth-order valence-electron chi connectivity index (χ4n) is 4.07. The molecular formula is C18H21NO4. The molecule has 0 heterocycles. The lowest BCUT2D eigenvalue weighted by Gasteiger charge is -2.44. The van der Waals surface area contributed by atoms with Gasteiger partial charge in [-0.15, -0.1) is 0 Å². The fraction of sp³-hybridized carbons (Fsp3) is 0.444. The molecule has 1 aromatic carbocycles. The summed E-state index contributed by atoms with van der Waals surface area (Å²) in [5, 5.41) is 19.5. The van der Waals surface area contributed by atoms with E-state index in [9.17, 15) is 20.0 Å². The van der Waals surface area contributed by atoms with Crippen LogP contribution < -0.4 is 5.23 Å². The number of ketones is 2. The van der Waals surface area contributed by atoms with Crippen molar-refractivity contribution in [2.45, 2.75) is 33.6 Å². The predicted molar refractivity (Wildman–Crippen MR) is 84.8 cm³/mol. The zero-order valence-corrected chi connectivity index (χ0v) is 13.6. The minimum Gasteiger partial charge on any atom is -0.595 e. The number of hydrogen-bond donors (Lipinski definition) is 2. The van der Waals surface area contributed by atoms with Gasteiger partial charge in [0.25, 0.3) is 0 Å². The Morgan fingerprint density at radius 2 is 1.91 bits per heavy atom. The van der Waals surface area contributed by atoms with Crippen molar-refractivity contribution in [3.63, 3.8) is 0 Å². The SMILES string of the molecule is CC1(C)[C@H]2CC[C@]1(C)C(=O)C(=Cc1ccccc1[NH+]([O-])O)C2=O. The van der Waals surface area contributed by atoms with Gasteiger partial charge in [0.1, 0.15) is 0 Å². The molecule has 0 saturated heterocycles. The van der Waals surface area contributed by atoms with Crippen LogP contribution in [0.1, 0.15) is 39.2 Å². The van der Waals surface area contributed by atoms with Crippen molar-refractivity contribution in [3.8, 4) is 0 Å². The minimum absolute atomic E-state index is 0.0999. The van der Waals surface area contributed by atoms with Crippen molar-refractivity contribution in [1.82, 2.24) is 0 Å². The molecule has 3 atom stereocenters. The lowest BCUT2D eigenvalue weighted by atomic mass is 9.57. The average Bonchev–Trinajstić information content (AvgIpc) is 2.69. The topological polar surface area (TPSA) is 81.9 Å². The van der Waals surface area contributed by atoms with E-state index in [2.05, 4.69) is 0 Å². The van der Waals surface area contributed by atoms with Gasteiger partial charge in [0.15, 0.2) is 17.3 Å². The van der Waals surface area contributed by atoms with Crippen LogP contribution in [0, 0.1) is 22.0 Å². The Balaban J connectivity index is 2.12. The lowest BCUT2D eigenvalue weighted by Crippen LogP contribution is -2.99. The van der Waals surface area contributed by atoms with Crippen LogP contribution in [0.5, 0.6) is 0 Å². The maximum absolute atomic E-state index is 13.0. The monoisotopic (exact) mass is 315 g/mol. The van der Waals surface area contributed by atoms with E-state index in [0.29, 0.717) is 18.4 Å². The number of carbonyl (C=O) groups excluding carboxylic acids is 2. The molecule has 122 valence electrons. The maximum Gasteiger partial charge on any atom is 0.172 e. The lowest BCUT2D eigenvalue weighted by molar-refractivity contribution is -0.991. The molecule has 2 saturated carbocycles. The molecule has 3 rings (SSSR count). The summed E-state index contributed by atoms with van der Waals surface area (Å²) in [4.78, 5) is 25.8. The Morgan fingerprint density at radius 3 is 2.57 bits per heavy atom. The van der Waals surface area contributed by atoms with Gasteiger partial charge in [0.05, 0.1) is 5.57 Å². The highest BCUT2D eigenvalue weighted by molar-refractivity contribution is 6.28. The quantitative estimate of drug-likeness (QED) is 0.497. The van der Waals surface area contributed by atoms with Crippen molar-refractivity contribution in [2.24, 2.45) is 16.7 Å². The molecule has 2 bridgehead atoms. The number of benzene rings is 1. The molecule has 5 heteroatoms. The molecule has 0 aliphatic heterocycles. The van der Waals surface area contributed by atoms with E-state index in [4.69, 9.17) is 0 Å². The second-order valence-corrected chi connectivity index (χ2v) is 7.29. The molecule has 1 aromatic rings.